The van der Waals surface area contributed by atoms with Crippen LogP contribution in [0.2, 0.25) is 0 Å². The molecule has 1 aliphatic carbocycles. The van der Waals surface area contributed by atoms with Gasteiger partial charge in [0.1, 0.15) is 0 Å². The van der Waals surface area contributed by atoms with Crippen molar-refractivity contribution >= 4 is 0 Å². The Labute approximate surface area is 125 Å². The first-order valence-corrected chi connectivity index (χ1v) is 8.87. The molecule has 2 aliphatic heterocycles. The summed E-state index contributed by atoms with van der Waals surface area (Å²) in [5.41, 5.74) is 0. The van der Waals surface area contributed by atoms with Gasteiger partial charge in [0.25, 0.3) is 0 Å². The molecule has 0 aromatic heterocycles. The lowest BCUT2D eigenvalue weighted by atomic mass is 9.97. The van der Waals surface area contributed by atoms with Crippen LogP contribution in [0, 0.1) is 5.92 Å². The first-order valence-electron chi connectivity index (χ1n) is 8.87. The van der Waals surface area contributed by atoms with Crippen LogP contribution in [0.3, 0.4) is 0 Å². The number of piperidine rings is 1. The van der Waals surface area contributed by atoms with Gasteiger partial charge >= 0.3 is 0 Å². The molecule has 3 fully saturated rings. The zero-order chi connectivity index (χ0) is 14.1. The predicted molar refractivity (Wildman–Crippen MR) is 85.0 cm³/mol. The van der Waals surface area contributed by atoms with Crippen LogP contribution >= 0.6 is 0 Å². The first kappa shape index (κ1) is 14.8. The van der Waals surface area contributed by atoms with E-state index < -0.39 is 0 Å². The molecule has 2 heterocycles. The van der Waals surface area contributed by atoms with E-state index in [1.165, 1.54) is 58.3 Å². The summed E-state index contributed by atoms with van der Waals surface area (Å²) in [6, 6.07) is 3.22. The zero-order valence-electron chi connectivity index (χ0n) is 13.6. The Morgan fingerprint density at radius 1 is 1.25 bits per heavy atom. The summed E-state index contributed by atoms with van der Waals surface area (Å²) in [5.74, 6) is 0.872. The average molecular weight is 279 g/mol. The van der Waals surface area contributed by atoms with Gasteiger partial charge in [-0.05, 0) is 71.9 Å². The minimum Gasteiger partial charge on any atom is -0.316 e. The second-order valence-corrected chi connectivity index (χ2v) is 7.67. The van der Waals surface area contributed by atoms with E-state index in [2.05, 4.69) is 35.9 Å². The molecule has 3 rings (SSSR count). The summed E-state index contributed by atoms with van der Waals surface area (Å²) in [6.45, 7) is 12.3. The third-order valence-corrected chi connectivity index (χ3v) is 5.62. The van der Waals surface area contributed by atoms with E-state index in [0.717, 1.165) is 24.0 Å². The van der Waals surface area contributed by atoms with Crippen molar-refractivity contribution < 1.29 is 0 Å². The van der Waals surface area contributed by atoms with Gasteiger partial charge in [-0.2, -0.15) is 0 Å². The SMILES string of the molecule is CC(C)N(CC1CCCNC1)C1CC(C)N(C2CC2)C1. The molecular weight excluding hydrogens is 246 g/mol. The molecule has 3 nitrogen and oxygen atoms in total. The van der Waals surface area contributed by atoms with E-state index in [1.54, 1.807) is 0 Å². The highest BCUT2D eigenvalue weighted by Gasteiger charge is 2.41. The first-order chi connectivity index (χ1) is 9.65. The molecule has 0 radical (unpaired) electrons. The highest BCUT2D eigenvalue weighted by atomic mass is 15.3. The summed E-state index contributed by atoms with van der Waals surface area (Å²) in [7, 11) is 0. The Kier molecular flexibility index (Phi) is 4.68. The number of hydrogen-bond acceptors (Lipinski definition) is 3. The van der Waals surface area contributed by atoms with Crippen molar-refractivity contribution in [2.75, 3.05) is 26.2 Å². The Balaban J connectivity index is 1.58. The maximum atomic E-state index is 3.58. The maximum absolute atomic E-state index is 3.58. The van der Waals surface area contributed by atoms with E-state index in [1.807, 2.05) is 0 Å². The molecule has 3 heteroatoms. The van der Waals surface area contributed by atoms with Crippen molar-refractivity contribution in [1.29, 1.82) is 0 Å². The number of rotatable bonds is 5. The van der Waals surface area contributed by atoms with Crippen molar-refractivity contribution in [3.63, 3.8) is 0 Å². The van der Waals surface area contributed by atoms with E-state index in [0.29, 0.717) is 6.04 Å². The summed E-state index contributed by atoms with van der Waals surface area (Å²) in [6.07, 6.45) is 7.07. The molecule has 1 N–H and O–H groups in total. The molecule has 0 aromatic rings. The van der Waals surface area contributed by atoms with E-state index in [-0.39, 0.29) is 0 Å². The average Bonchev–Trinajstić information content (AvgIpc) is 3.20. The van der Waals surface area contributed by atoms with E-state index in [9.17, 15) is 0 Å². The lowest BCUT2D eigenvalue weighted by Crippen LogP contribution is -2.47. The van der Waals surface area contributed by atoms with Crippen LogP contribution in [0.1, 0.15) is 52.9 Å². The fraction of sp³-hybridized carbons (Fsp3) is 1.00. The molecular formula is C17H33N3. The summed E-state index contributed by atoms with van der Waals surface area (Å²) in [4.78, 5) is 5.61. The van der Waals surface area contributed by atoms with Crippen LogP contribution in [0.15, 0.2) is 0 Å². The van der Waals surface area contributed by atoms with E-state index >= 15 is 0 Å². The molecule has 116 valence electrons. The number of nitrogens with zero attached hydrogens (tertiary/aromatic N) is 2. The Hall–Kier alpha value is -0.120. The normalized spacial score (nSPS) is 36.1. The van der Waals surface area contributed by atoms with Gasteiger partial charge in [0.05, 0.1) is 0 Å². The number of hydrogen-bond donors (Lipinski definition) is 1. The Morgan fingerprint density at radius 3 is 2.65 bits per heavy atom. The van der Waals surface area contributed by atoms with Gasteiger partial charge in [-0.15, -0.1) is 0 Å². The zero-order valence-corrected chi connectivity index (χ0v) is 13.6. The van der Waals surface area contributed by atoms with Crippen molar-refractivity contribution in [1.82, 2.24) is 15.1 Å². The largest absolute Gasteiger partial charge is 0.316 e. The van der Waals surface area contributed by atoms with Crippen LogP contribution < -0.4 is 5.32 Å². The monoisotopic (exact) mass is 279 g/mol. The highest BCUT2D eigenvalue weighted by Crippen LogP contribution is 2.35. The van der Waals surface area contributed by atoms with Crippen LogP contribution in [0.25, 0.3) is 0 Å². The molecule has 20 heavy (non-hydrogen) atoms. The van der Waals surface area contributed by atoms with Crippen molar-refractivity contribution in [2.24, 2.45) is 5.92 Å². The molecule has 3 atom stereocenters. The van der Waals surface area contributed by atoms with Gasteiger partial charge < -0.3 is 5.32 Å². The van der Waals surface area contributed by atoms with Crippen molar-refractivity contribution in [3.05, 3.63) is 0 Å². The molecule has 3 unspecified atom stereocenters. The van der Waals surface area contributed by atoms with Crippen LogP contribution in [0.4, 0.5) is 0 Å². The molecule has 3 aliphatic rings. The van der Waals surface area contributed by atoms with Crippen molar-refractivity contribution in [2.45, 2.75) is 77.0 Å². The number of likely N-dealkylation sites (tertiary alicyclic amines) is 1. The lowest BCUT2D eigenvalue weighted by Gasteiger charge is -2.37. The minimum absolute atomic E-state index is 0.688. The van der Waals surface area contributed by atoms with Gasteiger partial charge in [0, 0.05) is 37.3 Å². The summed E-state index contributed by atoms with van der Waals surface area (Å²) < 4.78 is 0. The topological polar surface area (TPSA) is 18.5 Å². The minimum atomic E-state index is 0.688. The van der Waals surface area contributed by atoms with Gasteiger partial charge in [-0.3, -0.25) is 9.80 Å². The molecule has 0 aromatic carbocycles. The Bertz CT molecular complexity index is 307. The van der Waals surface area contributed by atoms with Crippen LogP contribution in [-0.4, -0.2) is 60.1 Å². The van der Waals surface area contributed by atoms with Gasteiger partial charge in [0.15, 0.2) is 0 Å². The molecule has 2 saturated heterocycles. The lowest BCUT2D eigenvalue weighted by molar-refractivity contribution is 0.118. The third-order valence-electron chi connectivity index (χ3n) is 5.62. The summed E-state index contributed by atoms with van der Waals surface area (Å²) >= 11 is 0. The maximum Gasteiger partial charge on any atom is 0.0240 e. The quantitative estimate of drug-likeness (QED) is 0.833. The van der Waals surface area contributed by atoms with Gasteiger partial charge in [0.2, 0.25) is 0 Å². The molecule has 0 spiro atoms. The molecule has 0 amide bonds. The third kappa shape index (κ3) is 3.37. The second-order valence-electron chi connectivity index (χ2n) is 7.67. The van der Waals surface area contributed by atoms with Gasteiger partial charge in [-0.1, -0.05) is 0 Å². The summed E-state index contributed by atoms with van der Waals surface area (Å²) in [5, 5.41) is 3.58. The van der Waals surface area contributed by atoms with Crippen LogP contribution in [-0.2, 0) is 0 Å². The highest BCUT2D eigenvalue weighted by molar-refractivity contribution is 4.97. The fourth-order valence-electron chi connectivity index (χ4n) is 4.34. The standard InChI is InChI=1S/C17H33N3/c1-13(2)19(11-15-5-4-8-18-10-15)17-9-14(3)20(12-17)16-6-7-16/h13-18H,4-12H2,1-3H3. The molecule has 0 bridgehead atoms. The molecule has 1 saturated carbocycles. The van der Waals surface area contributed by atoms with Crippen molar-refractivity contribution in [3.8, 4) is 0 Å². The van der Waals surface area contributed by atoms with Crippen LogP contribution in [0.5, 0.6) is 0 Å². The second kappa shape index (κ2) is 6.33. The number of nitrogens with one attached hydrogen (secondary N) is 1. The smallest absolute Gasteiger partial charge is 0.0240 e. The van der Waals surface area contributed by atoms with E-state index in [4.69, 9.17) is 0 Å². The van der Waals surface area contributed by atoms with Gasteiger partial charge in [-0.25, -0.2) is 0 Å². The predicted octanol–water partition coefficient (Wildman–Crippen LogP) is 2.32. The fourth-order valence-corrected chi connectivity index (χ4v) is 4.34. The Morgan fingerprint density at radius 2 is 2.05 bits per heavy atom.